The fourth-order valence-corrected chi connectivity index (χ4v) is 2.97. The molecule has 3 rings (SSSR count). The first kappa shape index (κ1) is 9.21. The Hall–Kier alpha value is -1.04. The van der Waals surface area contributed by atoms with Crippen molar-refractivity contribution < 1.29 is 0 Å². The number of rotatable bonds is 2. The fraction of sp³-hybridized carbons (Fsp3) is 0.467. The van der Waals surface area contributed by atoms with Gasteiger partial charge in [0.25, 0.3) is 0 Å². The summed E-state index contributed by atoms with van der Waals surface area (Å²) in [7, 11) is 0. The number of hydrogen-bond donors (Lipinski definition) is 0. The highest BCUT2D eigenvalue weighted by Crippen LogP contribution is 2.53. The number of benzene rings is 1. The van der Waals surface area contributed by atoms with Gasteiger partial charge in [0.15, 0.2) is 0 Å². The van der Waals surface area contributed by atoms with Gasteiger partial charge >= 0.3 is 0 Å². The Morgan fingerprint density at radius 1 is 1.07 bits per heavy atom. The second kappa shape index (κ2) is 3.84. The average molecular weight is 198 g/mol. The molecule has 0 heteroatoms. The maximum Gasteiger partial charge on any atom is -0.0125 e. The van der Waals surface area contributed by atoms with Gasteiger partial charge in [-0.05, 0) is 49.0 Å². The molecule has 0 aliphatic heterocycles. The van der Waals surface area contributed by atoms with Crippen molar-refractivity contribution in [2.45, 2.75) is 31.6 Å². The molecular formula is C15H18. The van der Waals surface area contributed by atoms with E-state index in [0.717, 1.165) is 17.8 Å². The van der Waals surface area contributed by atoms with E-state index in [9.17, 15) is 0 Å². The van der Waals surface area contributed by atoms with Crippen molar-refractivity contribution in [1.82, 2.24) is 0 Å². The van der Waals surface area contributed by atoms with E-state index < -0.39 is 0 Å². The van der Waals surface area contributed by atoms with Crippen molar-refractivity contribution in [3.8, 4) is 0 Å². The van der Waals surface area contributed by atoms with Gasteiger partial charge in [0.2, 0.25) is 0 Å². The summed E-state index contributed by atoms with van der Waals surface area (Å²) in [5, 5.41) is 0. The Labute approximate surface area is 92.0 Å². The summed E-state index contributed by atoms with van der Waals surface area (Å²) in [6.45, 7) is 0. The lowest BCUT2D eigenvalue weighted by atomic mass is 9.90. The predicted octanol–water partition coefficient (Wildman–Crippen LogP) is 4.15. The van der Waals surface area contributed by atoms with E-state index in [1.165, 1.54) is 25.7 Å². The van der Waals surface area contributed by atoms with E-state index in [4.69, 9.17) is 0 Å². The minimum absolute atomic E-state index is 0.860. The molecule has 0 bridgehead atoms. The van der Waals surface area contributed by atoms with Gasteiger partial charge in [-0.2, -0.15) is 0 Å². The molecule has 0 spiro atoms. The van der Waals surface area contributed by atoms with E-state index in [1.54, 1.807) is 5.56 Å². The largest absolute Gasteiger partial charge is 0.0882 e. The van der Waals surface area contributed by atoms with Crippen LogP contribution in [-0.4, -0.2) is 0 Å². The van der Waals surface area contributed by atoms with Crippen molar-refractivity contribution in [2.24, 2.45) is 11.8 Å². The van der Waals surface area contributed by atoms with Gasteiger partial charge in [-0.25, -0.2) is 0 Å². The molecule has 78 valence electrons. The molecule has 1 saturated carbocycles. The highest BCUT2D eigenvalue weighted by molar-refractivity contribution is 5.27. The van der Waals surface area contributed by atoms with Gasteiger partial charge in [0, 0.05) is 0 Å². The van der Waals surface area contributed by atoms with Crippen molar-refractivity contribution in [1.29, 1.82) is 0 Å². The molecule has 0 amide bonds. The van der Waals surface area contributed by atoms with Crippen LogP contribution in [0.4, 0.5) is 0 Å². The van der Waals surface area contributed by atoms with Crippen molar-refractivity contribution in [2.75, 3.05) is 0 Å². The molecule has 1 unspecified atom stereocenters. The maximum absolute atomic E-state index is 2.47. The van der Waals surface area contributed by atoms with Crippen LogP contribution >= 0.6 is 0 Å². The molecule has 2 aliphatic carbocycles. The molecule has 0 aromatic heterocycles. The van der Waals surface area contributed by atoms with Crippen LogP contribution in [-0.2, 0) is 0 Å². The molecule has 15 heavy (non-hydrogen) atoms. The quantitative estimate of drug-likeness (QED) is 0.626. The zero-order valence-electron chi connectivity index (χ0n) is 9.10. The zero-order valence-corrected chi connectivity index (χ0v) is 9.10. The number of allylic oxidation sites excluding steroid dienone is 2. The molecule has 2 aliphatic rings. The summed E-state index contributed by atoms with van der Waals surface area (Å²) in [5.41, 5.74) is 1.56. The van der Waals surface area contributed by atoms with Crippen LogP contribution in [0.2, 0.25) is 0 Å². The summed E-state index contributed by atoms with van der Waals surface area (Å²) in [6, 6.07) is 11.0. The Kier molecular flexibility index (Phi) is 2.36. The molecule has 0 heterocycles. The van der Waals surface area contributed by atoms with Crippen LogP contribution in [0.5, 0.6) is 0 Å². The van der Waals surface area contributed by atoms with Gasteiger partial charge in [-0.1, -0.05) is 42.5 Å². The first-order valence-electron chi connectivity index (χ1n) is 6.17. The summed E-state index contributed by atoms with van der Waals surface area (Å²) >= 11 is 0. The minimum Gasteiger partial charge on any atom is -0.0882 e. The normalized spacial score (nSPS) is 34.0. The Bertz CT molecular complexity index is 350. The molecular weight excluding hydrogens is 180 g/mol. The van der Waals surface area contributed by atoms with E-state index in [0.29, 0.717) is 0 Å². The zero-order chi connectivity index (χ0) is 10.1. The fourth-order valence-electron chi connectivity index (χ4n) is 2.97. The summed E-state index contributed by atoms with van der Waals surface area (Å²) in [4.78, 5) is 0. The lowest BCUT2D eigenvalue weighted by Gasteiger charge is -2.16. The van der Waals surface area contributed by atoms with Crippen molar-refractivity contribution in [3.05, 3.63) is 48.0 Å². The third-order valence-corrected chi connectivity index (χ3v) is 3.91. The minimum atomic E-state index is 0.860. The van der Waals surface area contributed by atoms with E-state index in [2.05, 4.69) is 42.5 Å². The van der Waals surface area contributed by atoms with Crippen LogP contribution < -0.4 is 0 Å². The Balaban J connectivity index is 1.69. The second-order valence-electron chi connectivity index (χ2n) is 4.94. The summed E-state index contributed by atoms with van der Waals surface area (Å²) in [5.74, 6) is 2.69. The van der Waals surface area contributed by atoms with Gasteiger partial charge in [0.1, 0.15) is 0 Å². The van der Waals surface area contributed by atoms with E-state index in [1.807, 2.05) is 0 Å². The second-order valence-corrected chi connectivity index (χ2v) is 4.94. The Morgan fingerprint density at radius 2 is 1.93 bits per heavy atom. The Morgan fingerprint density at radius 3 is 2.67 bits per heavy atom. The molecule has 1 fully saturated rings. The molecule has 0 saturated heterocycles. The summed E-state index contributed by atoms with van der Waals surface area (Å²) < 4.78 is 0. The maximum atomic E-state index is 2.47. The van der Waals surface area contributed by atoms with E-state index in [-0.39, 0.29) is 0 Å². The molecule has 1 aromatic rings. The predicted molar refractivity (Wildman–Crippen MR) is 63.8 cm³/mol. The molecule has 0 N–H and O–H groups in total. The lowest BCUT2D eigenvalue weighted by Crippen LogP contribution is -2.04. The summed E-state index contributed by atoms with van der Waals surface area (Å²) in [6.07, 6.45) is 10.4. The van der Waals surface area contributed by atoms with Crippen LogP contribution in [0.1, 0.15) is 37.2 Å². The topological polar surface area (TPSA) is 0 Å². The van der Waals surface area contributed by atoms with Crippen LogP contribution in [0.25, 0.3) is 0 Å². The highest BCUT2D eigenvalue weighted by atomic mass is 14.5. The monoisotopic (exact) mass is 198 g/mol. The molecule has 0 radical (unpaired) electrons. The standard InChI is InChI=1S/C15H18/c1-3-7-12(8-4-1)14-11-15(14)13-9-5-2-6-10-13/h1,3-5,7-9,13-15H,2,6,10-11H2/t13?,14-,15-/m1/s1. The highest BCUT2D eigenvalue weighted by Gasteiger charge is 2.42. The lowest BCUT2D eigenvalue weighted by molar-refractivity contribution is 0.477. The van der Waals surface area contributed by atoms with Gasteiger partial charge in [0.05, 0.1) is 0 Å². The van der Waals surface area contributed by atoms with Crippen LogP contribution in [0.3, 0.4) is 0 Å². The van der Waals surface area contributed by atoms with Crippen molar-refractivity contribution in [3.63, 3.8) is 0 Å². The van der Waals surface area contributed by atoms with E-state index >= 15 is 0 Å². The third-order valence-electron chi connectivity index (χ3n) is 3.91. The number of hydrogen-bond acceptors (Lipinski definition) is 0. The SMILES string of the molecule is C1=CC([C@H]2C[C@@H]2c2ccccc2)CCC1. The van der Waals surface area contributed by atoms with Crippen molar-refractivity contribution >= 4 is 0 Å². The third kappa shape index (κ3) is 1.86. The average Bonchev–Trinajstić information content (AvgIpc) is 3.11. The first-order chi connectivity index (χ1) is 7.45. The molecule has 0 nitrogen and oxygen atoms in total. The molecule has 1 aromatic carbocycles. The van der Waals surface area contributed by atoms with Crippen LogP contribution in [0, 0.1) is 11.8 Å². The van der Waals surface area contributed by atoms with Gasteiger partial charge < -0.3 is 0 Å². The first-order valence-corrected chi connectivity index (χ1v) is 6.17. The van der Waals surface area contributed by atoms with Gasteiger partial charge in [-0.15, -0.1) is 0 Å². The smallest absolute Gasteiger partial charge is 0.0125 e. The van der Waals surface area contributed by atoms with Crippen LogP contribution in [0.15, 0.2) is 42.5 Å². The molecule has 3 atom stereocenters. The van der Waals surface area contributed by atoms with Gasteiger partial charge in [-0.3, -0.25) is 0 Å².